The summed E-state index contributed by atoms with van der Waals surface area (Å²) in [5.74, 6) is -0.902. The maximum Gasteiger partial charge on any atom is 0.312 e. The largest absolute Gasteiger partial charge is 0.454 e. The van der Waals surface area contributed by atoms with E-state index >= 15 is 0 Å². The predicted octanol–water partition coefficient (Wildman–Crippen LogP) is 3.87. The SMILES string of the molecule is Cc1ccc(C)c(C(=O)[C@@H](C)OC(=O)C[C@@H](NC(N)=O)c2ccc(Cl)cc2)c1. The number of nitrogens with two attached hydrogens (primary N) is 1. The first-order valence-electron chi connectivity index (χ1n) is 8.79. The lowest BCUT2D eigenvalue weighted by atomic mass is 9.99. The molecular formula is C21H23ClN2O4. The molecule has 2 aromatic rings. The number of benzene rings is 2. The Bertz CT molecular complexity index is 880. The maximum absolute atomic E-state index is 12.6. The average Bonchev–Trinajstić information content (AvgIpc) is 2.62. The highest BCUT2D eigenvalue weighted by atomic mass is 35.5. The van der Waals surface area contributed by atoms with Gasteiger partial charge in [0.05, 0.1) is 12.5 Å². The van der Waals surface area contributed by atoms with Crippen LogP contribution in [0.1, 0.15) is 46.4 Å². The number of carbonyl (C=O) groups excluding carboxylic acids is 3. The Balaban J connectivity index is 2.08. The quantitative estimate of drug-likeness (QED) is 0.542. The molecule has 6 nitrogen and oxygen atoms in total. The van der Waals surface area contributed by atoms with Crippen molar-refractivity contribution < 1.29 is 19.1 Å². The van der Waals surface area contributed by atoms with E-state index in [4.69, 9.17) is 22.1 Å². The molecule has 0 heterocycles. The smallest absolute Gasteiger partial charge is 0.312 e. The zero-order valence-electron chi connectivity index (χ0n) is 16.0. The van der Waals surface area contributed by atoms with Crippen molar-refractivity contribution in [1.82, 2.24) is 5.32 Å². The second kappa shape index (κ2) is 9.37. The molecule has 0 radical (unpaired) electrons. The van der Waals surface area contributed by atoms with Crippen molar-refractivity contribution in [1.29, 1.82) is 0 Å². The third-order valence-corrected chi connectivity index (χ3v) is 4.55. The van der Waals surface area contributed by atoms with Crippen molar-refractivity contribution in [3.8, 4) is 0 Å². The van der Waals surface area contributed by atoms with Crippen molar-refractivity contribution in [2.24, 2.45) is 5.73 Å². The first-order valence-corrected chi connectivity index (χ1v) is 9.17. The summed E-state index contributed by atoms with van der Waals surface area (Å²) in [5, 5.41) is 3.03. The molecule has 0 aliphatic rings. The fourth-order valence-corrected chi connectivity index (χ4v) is 2.93. The first kappa shape index (κ1) is 21.4. The second-order valence-corrected chi connectivity index (χ2v) is 7.07. The third-order valence-electron chi connectivity index (χ3n) is 4.30. The highest BCUT2D eigenvalue weighted by Gasteiger charge is 2.24. The normalized spacial score (nSPS) is 12.7. The molecule has 0 spiro atoms. The van der Waals surface area contributed by atoms with Gasteiger partial charge in [0.1, 0.15) is 0 Å². The van der Waals surface area contributed by atoms with Gasteiger partial charge in [-0.2, -0.15) is 0 Å². The Kier molecular flexibility index (Phi) is 7.18. The van der Waals surface area contributed by atoms with E-state index in [9.17, 15) is 14.4 Å². The van der Waals surface area contributed by atoms with Crippen molar-refractivity contribution in [3.63, 3.8) is 0 Å². The van der Waals surface area contributed by atoms with Gasteiger partial charge in [0.2, 0.25) is 5.78 Å². The molecule has 2 amide bonds. The van der Waals surface area contributed by atoms with E-state index in [1.807, 2.05) is 26.0 Å². The number of ether oxygens (including phenoxy) is 1. The van der Waals surface area contributed by atoms with Crippen LogP contribution in [0.3, 0.4) is 0 Å². The Morgan fingerprint density at radius 3 is 2.36 bits per heavy atom. The molecule has 7 heteroatoms. The highest BCUT2D eigenvalue weighted by Crippen LogP contribution is 2.21. The number of aryl methyl sites for hydroxylation is 2. The summed E-state index contributed by atoms with van der Waals surface area (Å²) in [5.41, 5.74) is 8.13. The van der Waals surface area contributed by atoms with Gasteiger partial charge in [-0.05, 0) is 50.1 Å². The molecule has 0 saturated heterocycles. The molecule has 0 aliphatic heterocycles. The van der Waals surface area contributed by atoms with Gasteiger partial charge in [0.15, 0.2) is 6.10 Å². The highest BCUT2D eigenvalue weighted by molar-refractivity contribution is 6.30. The summed E-state index contributed by atoms with van der Waals surface area (Å²) in [6.07, 6.45) is -1.12. The van der Waals surface area contributed by atoms with E-state index in [0.717, 1.165) is 11.1 Å². The monoisotopic (exact) mass is 402 g/mol. The van der Waals surface area contributed by atoms with Crippen LogP contribution >= 0.6 is 11.6 Å². The van der Waals surface area contributed by atoms with Crippen LogP contribution in [0.5, 0.6) is 0 Å². The van der Waals surface area contributed by atoms with Crippen LogP contribution in [0, 0.1) is 13.8 Å². The van der Waals surface area contributed by atoms with E-state index in [1.165, 1.54) is 6.92 Å². The van der Waals surface area contributed by atoms with E-state index in [0.29, 0.717) is 16.1 Å². The number of Topliss-reactive ketones (excluding diaryl/α,β-unsaturated/α-hetero) is 1. The van der Waals surface area contributed by atoms with Gasteiger partial charge in [-0.25, -0.2) is 4.79 Å². The predicted molar refractivity (Wildman–Crippen MR) is 107 cm³/mol. The number of hydrogen-bond acceptors (Lipinski definition) is 4. The van der Waals surface area contributed by atoms with Crippen LogP contribution in [0.15, 0.2) is 42.5 Å². The molecule has 28 heavy (non-hydrogen) atoms. The molecule has 0 aliphatic carbocycles. The molecule has 0 unspecified atom stereocenters. The minimum atomic E-state index is -0.951. The standard InChI is InChI=1S/C21H23ClN2O4/c1-12-4-5-13(2)17(10-12)20(26)14(3)28-19(25)11-18(24-21(23)27)15-6-8-16(22)9-7-15/h4-10,14,18H,11H2,1-3H3,(H3,23,24,27)/t14-,18-/m1/s1. The number of urea groups is 1. The Labute approximate surface area is 169 Å². The Morgan fingerprint density at radius 1 is 1.11 bits per heavy atom. The summed E-state index contributed by atoms with van der Waals surface area (Å²) < 4.78 is 5.31. The third kappa shape index (κ3) is 5.82. The number of primary amides is 1. The van der Waals surface area contributed by atoms with Gasteiger partial charge < -0.3 is 15.8 Å². The van der Waals surface area contributed by atoms with Crippen LogP contribution in [-0.2, 0) is 9.53 Å². The Morgan fingerprint density at radius 2 is 1.75 bits per heavy atom. The lowest BCUT2D eigenvalue weighted by molar-refractivity contribution is -0.146. The molecule has 2 aromatic carbocycles. The number of esters is 1. The first-order chi connectivity index (χ1) is 13.2. The van der Waals surface area contributed by atoms with Crippen molar-refractivity contribution in [2.45, 2.75) is 39.3 Å². The molecule has 3 N–H and O–H groups in total. The lowest BCUT2D eigenvalue weighted by Gasteiger charge is -2.19. The number of hydrogen-bond donors (Lipinski definition) is 2. The number of nitrogens with one attached hydrogen (secondary N) is 1. The van der Waals surface area contributed by atoms with Gasteiger partial charge in [0, 0.05) is 10.6 Å². The summed E-state index contributed by atoms with van der Waals surface area (Å²) in [7, 11) is 0. The van der Waals surface area contributed by atoms with Crippen molar-refractivity contribution in [3.05, 3.63) is 69.7 Å². The number of ketones is 1. The fourth-order valence-electron chi connectivity index (χ4n) is 2.80. The van der Waals surface area contributed by atoms with E-state index in [2.05, 4.69) is 5.32 Å². The van der Waals surface area contributed by atoms with Crippen LogP contribution in [-0.4, -0.2) is 23.9 Å². The second-order valence-electron chi connectivity index (χ2n) is 6.63. The maximum atomic E-state index is 12.6. The van der Waals surface area contributed by atoms with Crippen molar-refractivity contribution >= 4 is 29.4 Å². The van der Waals surface area contributed by atoms with Crippen LogP contribution in [0.4, 0.5) is 4.79 Å². The van der Waals surface area contributed by atoms with Gasteiger partial charge in [-0.15, -0.1) is 0 Å². The molecule has 2 atom stereocenters. The average molecular weight is 403 g/mol. The van der Waals surface area contributed by atoms with Gasteiger partial charge in [-0.3, -0.25) is 9.59 Å². The van der Waals surface area contributed by atoms with E-state index < -0.39 is 24.1 Å². The van der Waals surface area contributed by atoms with E-state index in [-0.39, 0.29) is 12.2 Å². The summed E-state index contributed by atoms with van der Waals surface area (Å²) in [6.45, 7) is 5.24. The van der Waals surface area contributed by atoms with Gasteiger partial charge >= 0.3 is 12.0 Å². The molecule has 2 rings (SSSR count). The number of rotatable bonds is 7. The lowest BCUT2D eigenvalue weighted by Crippen LogP contribution is -2.35. The van der Waals surface area contributed by atoms with E-state index in [1.54, 1.807) is 30.3 Å². The number of halogens is 1. The summed E-state index contributed by atoms with van der Waals surface area (Å²) >= 11 is 5.87. The fraction of sp³-hybridized carbons (Fsp3) is 0.286. The zero-order chi connectivity index (χ0) is 20.8. The molecule has 148 valence electrons. The summed E-state index contributed by atoms with van der Waals surface area (Å²) in [6, 6.07) is 10.7. The topological polar surface area (TPSA) is 98.5 Å². The molecule has 0 bridgehead atoms. The van der Waals surface area contributed by atoms with Crippen LogP contribution < -0.4 is 11.1 Å². The Hall–Kier alpha value is -2.86. The molecular weight excluding hydrogens is 380 g/mol. The minimum absolute atomic E-state index is 0.172. The number of carbonyl (C=O) groups is 3. The number of amides is 2. The minimum Gasteiger partial charge on any atom is -0.454 e. The van der Waals surface area contributed by atoms with Crippen LogP contribution in [0.25, 0.3) is 0 Å². The van der Waals surface area contributed by atoms with Crippen molar-refractivity contribution in [2.75, 3.05) is 0 Å². The molecule has 0 fully saturated rings. The molecule has 0 saturated carbocycles. The zero-order valence-corrected chi connectivity index (χ0v) is 16.7. The van der Waals surface area contributed by atoms with Crippen LogP contribution in [0.2, 0.25) is 5.02 Å². The van der Waals surface area contributed by atoms with Gasteiger partial charge in [0.25, 0.3) is 0 Å². The summed E-state index contributed by atoms with van der Waals surface area (Å²) in [4.78, 5) is 36.3. The molecule has 0 aromatic heterocycles. The van der Waals surface area contributed by atoms with Gasteiger partial charge in [-0.1, -0.05) is 41.4 Å².